The maximum atomic E-state index is 13.4. The van der Waals surface area contributed by atoms with E-state index in [0.717, 1.165) is 43.0 Å². The summed E-state index contributed by atoms with van der Waals surface area (Å²) >= 11 is 12.9. The van der Waals surface area contributed by atoms with Crippen LogP contribution in [-0.4, -0.2) is 19.2 Å². The summed E-state index contributed by atoms with van der Waals surface area (Å²) in [6.07, 6.45) is 7.07. The normalized spacial score (nSPS) is 19.0. The number of pyridine rings is 1. The minimum atomic E-state index is -2.46. The number of hydrogen-bond donors (Lipinski definition) is 0. The number of alkyl halides is 2. The Morgan fingerprint density at radius 2 is 1.64 bits per heavy atom. The Kier molecular flexibility index (Phi) is 9.18. The van der Waals surface area contributed by atoms with Gasteiger partial charge in [0.25, 0.3) is 0 Å². The molecular formula is C21H33Cl2F2NOSi. The summed E-state index contributed by atoms with van der Waals surface area (Å²) in [6.45, 7) is 6.61. The molecule has 2 nitrogen and oxygen atoms in total. The minimum Gasteiger partial charge on any atom is -0.410 e. The predicted molar refractivity (Wildman–Crippen MR) is 116 cm³/mol. The van der Waals surface area contributed by atoms with Gasteiger partial charge in [0.2, 0.25) is 5.92 Å². The van der Waals surface area contributed by atoms with E-state index in [1.165, 1.54) is 0 Å². The third-order valence-corrected chi connectivity index (χ3v) is 11.7. The average Bonchev–Trinajstić information content (AvgIpc) is 2.67. The van der Waals surface area contributed by atoms with Gasteiger partial charge in [-0.3, -0.25) is 4.98 Å². The highest BCUT2D eigenvalue weighted by molar-refractivity contribution is 6.73. The van der Waals surface area contributed by atoms with Gasteiger partial charge in [-0.1, -0.05) is 56.8 Å². The Bertz CT molecular complexity index is 590. The summed E-state index contributed by atoms with van der Waals surface area (Å²) in [4.78, 5) is 4.07. The van der Waals surface area contributed by atoms with E-state index in [4.69, 9.17) is 27.6 Å². The Hall–Kier alpha value is -0.233. The van der Waals surface area contributed by atoms with Crippen molar-refractivity contribution in [1.82, 2.24) is 4.98 Å². The van der Waals surface area contributed by atoms with Gasteiger partial charge in [-0.05, 0) is 43.3 Å². The molecule has 0 saturated heterocycles. The number of aromatic nitrogens is 1. The van der Waals surface area contributed by atoms with Crippen LogP contribution in [0.25, 0.3) is 0 Å². The van der Waals surface area contributed by atoms with E-state index in [9.17, 15) is 8.78 Å². The minimum absolute atomic E-state index is 0.0249. The lowest BCUT2D eigenvalue weighted by molar-refractivity contribution is -0.0469. The third kappa shape index (κ3) is 6.38. The second-order valence-electron chi connectivity index (χ2n) is 8.10. The van der Waals surface area contributed by atoms with Crippen molar-refractivity contribution in [2.24, 2.45) is 5.92 Å². The Balaban J connectivity index is 2.08. The van der Waals surface area contributed by atoms with Gasteiger partial charge in [0.1, 0.15) is 0 Å². The third-order valence-electron chi connectivity index (χ3n) is 6.45. The van der Waals surface area contributed by atoms with Gasteiger partial charge in [0.15, 0.2) is 8.32 Å². The van der Waals surface area contributed by atoms with Gasteiger partial charge >= 0.3 is 0 Å². The average molecular weight is 452 g/mol. The zero-order valence-corrected chi connectivity index (χ0v) is 19.8. The predicted octanol–water partition coefficient (Wildman–Crippen LogP) is 8.45. The molecule has 7 heteroatoms. The van der Waals surface area contributed by atoms with Crippen LogP contribution in [0.15, 0.2) is 12.4 Å². The molecule has 1 aromatic rings. The van der Waals surface area contributed by atoms with Crippen LogP contribution < -0.4 is 0 Å². The van der Waals surface area contributed by atoms with Crippen molar-refractivity contribution in [3.05, 3.63) is 28.0 Å². The zero-order chi connectivity index (χ0) is 20.8. The first-order valence-electron chi connectivity index (χ1n) is 10.6. The number of rotatable bonds is 10. The standard InChI is InChI=1S/C21H33Cl2F2NOSi/c1-4-28(5-2,6-3)27-19(20-17(22)14-26-15-18(20)23)9-7-8-16-10-12-21(24,25)13-11-16/h14-16,19H,4-13H2,1-3H3. The molecule has 160 valence electrons. The molecule has 1 aliphatic rings. The highest BCUT2D eigenvalue weighted by Crippen LogP contribution is 2.41. The summed E-state index contributed by atoms with van der Waals surface area (Å²) in [7, 11) is -1.85. The van der Waals surface area contributed by atoms with E-state index in [-0.39, 0.29) is 18.9 Å². The molecule has 1 saturated carbocycles. The lowest BCUT2D eigenvalue weighted by Gasteiger charge is -2.34. The largest absolute Gasteiger partial charge is 0.410 e. The van der Waals surface area contributed by atoms with Gasteiger partial charge < -0.3 is 4.43 Å². The van der Waals surface area contributed by atoms with Crippen molar-refractivity contribution >= 4 is 31.5 Å². The quantitative estimate of drug-likeness (QED) is 0.332. The molecule has 1 aliphatic carbocycles. The number of nitrogens with zero attached hydrogens (tertiary/aromatic N) is 1. The van der Waals surface area contributed by atoms with Crippen molar-refractivity contribution in [3.63, 3.8) is 0 Å². The monoisotopic (exact) mass is 451 g/mol. The highest BCUT2D eigenvalue weighted by atomic mass is 35.5. The summed E-state index contributed by atoms with van der Waals surface area (Å²) in [5.41, 5.74) is 0.834. The van der Waals surface area contributed by atoms with Crippen LogP contribution in [0.3, 0.4) is 0 Å². The fourth-order valence-electron chi connectivity index (χ4n) is 4.27. The molecule has 2 rings (SSSR count). The molecule has 0 N–H and O–H groups in total. The maximum absolute atomic E-state index is 13.4. The summed E-state index contributed by atoms with van der Waals surface area (Å²) in [5, 5.41) is 1.09. The van der Waals surface area contributed by atoms with E-state index in [1.807, 2.05) is 0 Å². The van der Waals surface area contributed by atoms with E-state index in [0.29, 0.717) is 28.8 Å². The molecule has 0 radical (unpaired) electrons. The number of hydrogen-bond acceptors (Lipinski definition) is 2. The van der Waals surface area contributed by atoms with E-state index < -0.39 is 14.2 Å². The summed E-state index contributed by atoms with van der Waals surface area (Å²) in [5.74, 6) is -2.08. The fraction of sp³-hybridized carbons (Fsp3) is 0.762. The van der Waals surface area contributed by atoms with Crippen molar-refractivity contribution in [3.8, 4) is 0 Å². The molecule has 1 atom stereocenters. The smallest absolute Gasteiger partial charge is 0.248 e. The molecule has 0 spiro atoms. The van der Waals surface area contributed by atoms with Gasteiger partial charge in [0.05, 0.1) is 16.1 Å². The highest BCUT2D eigenvalue weighted by Gasteiger charge is 2.36. The molecule has 1 unspecified atom stereocenters. The first-order chi connectivity index (χ1) is 13.3. The van der Waals surface area contributed by atoms with Crippen LogP contribution in [0, 0.1) is 5.92 Å². The van der Waals surface area contributed by atoms with Crippen LogP contribution in [-0.2, 0) is 4.43 Å². The number of halogens is 4. The van der Waals surface area contributed by atoms with Crippen molar-refractivity contribution in [2.75, 3.05) is 0 Å². The van der Waals surface area contributed by atoms with E-state index in [2.05, 4.69) is 25.8 Å². The van der Waals surface area contributed by atoms with Crippen molar-refractivity contribution in [1.29, 1.82) is 0 Å². The topological polar surface area (TPSA) is 22.1 Å². The van der Waals surface area contributed by atoms with E-state index >= 15 is 0 Å². The molecule has 28 heavy (non-hydrogen) atoms. The molecule has 0 aliphatic heterocycles. The second kappa shape index (κ2) is 10.7. The van der Waals surface area contributed by atoms with Crippen LogP contribution in [0.5, 0.6) is 0 Å². The molecule has 1 aromatic heterocycles. The molecule has 0 amide bonds. The first kappa shape index (κ1) is 24.0. The Morgan fingerprint density at radius 3 is 2.14 bits per heavy atom. The summed E-state index contributed by atoms with van der Waals surface area (Å²) in [6, 6.07) is 3.15. The van der Waals surface area contributed by atoms with Crippen LogP contribution in [0.2, 0.25) is 28.2 Å². The van der Waals surface area contributed by atoms with Gasteiger partial charge in [-0.2, -0.15) is 0 Å². The fourth-order valence-corrected chi connectivity index (χ4v) is 7.72. The van der Waals surface area contributed by atoms with Crippen molar-refractivity contribution in [2.45, 2.75) is 95.9 Å². The van der Waals surface area contributed by atoms with Crippen LogP contribution in [0.4, 0.5) is 8.78 Å². The molecule has 0 bridgehead atoms. The van der Waals surface area contributed by atoms with Crippen LogP contribution >= 0.6 is 23.2 Å². The van der Waals surface area contributed by atoms with Crippen molar-refractivity contribution < 1.29 is 13.2 Å². The van der Waals surface area contributed by atoms with Crippen LogP contribution in [0.1, 0.15) is 77.4 Å². The molecular weight excluding hydrogens is 419 g/mol. The first-order valence-corrected chi connectivity index (χ1v) is 13.9. The van der Waals surface area contributed by atoms with Gasteiger partial charge in [0, 0.05) is 30.8 Å². The molecule has 1 heterocycles. The summed E-state index contributed by atoms with van der Waals surface area (Å²) < 4.78 is 33.6. The van der Waals surface area contributed by atoms with E-state index in [1.54, 1.807) is 12.4 Å². The molecule has 0 aromatic carbocycles. The Labute approximate surface area is 179 Å². The zero-order valence-electron chi connectivity index (χ0n) is 17.2. The maximum Gasteiger partial charge on any atom is 0.248 e. The van der Waals surface area contributed by atoms with Gasteiger partial charge in [-0.15, -0.1) is 0 Å². The van der Waals surface area contributed by atoms with Gasteiger partial charge in [-0.25, -0.2) is 8.78 Å². The SMILES string of the molecule is CC[Si](CC)(CC)OC(CCCC1CCC(F)(F)CC1)c1c(Cl)cncc1Cl. The molecule has 1 fully saturated rings. The Morgan fingerprint density at radius 1 is 1.11 bits per heavy atom. The lowest BCUT2D eigenvalue weighted by atomic mass is 9.83. The lowest BCUT2D eigenvalue weighted by Crippen LogP contribution is -2.37. The second-order valence-corrected chi connectivity index (χ2v) is 13.6.